The number of hydrogen-bond donors (Lipinski definition) is 3. The smallest absolute Gasteiger partial charge is 0.262 e. The molecular formula is C22H26N4O4. The Morgan fingerprint density at radius 1 is 1.07 bits per heavy atom. The lowest BCUT2D eigenvalue weighted by Crippen LogP contribution is -2.54. The van der Waals surface area contributed by atoms with Crippen LogP contribution in [-0.4, -0.2) is 52.7 Å². The van der Waals surface area contributed by atoms with Crippen LogP contribution in [0.5, 0.6) is 0 Å². The zero-order valence-corrected chi connectivity index (χ0v) is 16.8. The van der Waals surface area contributed by atoms with E-state index in [-0.39, 0.29) is 18.7 Å². The minimum atomic E-state index is -0.926. The lowest BCUT2D eigenvalue weighted by Gasteiger charge is -2.27. The number of fused-ring (bicyclic) bond motifs is 1. The predicted molar refractivity (Wildman–Crippen MR) is 108 cm³/mol. The summed E-state index contributed by atoms with van der Waals surface area (Å²) in [6.45, 7) is 1.74. The Hall–Kier alpha value is -2.58. The number of hydrogen-bond acceptors (Lipinski definition) is 6. The van der Waals surface area contributed by atoms with Crippen LogP contribution in [0.2, 0.25) is 0 Å². The third kappa shape index (κ3) is 3.24. The van der Waals surface area contributed by atoms with Gasteiger partial charge in [0.1, 0.15) is 6.04 Å². The van der Waals surface area contributed by atoms with Crippen LogP contribution in [0.15, 0.2) is 18.2 Å². The van der Waals surface area contributed by atoms with Crippen LogP contribution in [0.3, 0.4) is 0 Å². The van der Waals surface area contributed by atoms with Gasteiger partial charge in [-0.2, -0.15) is 0 Å². The molecule has 5 rings (SSSR count). The number of rotatable bonds is 4. The fraction of sp³-hybridized carbons (Fsp3) is 0.545. The average Bonchev–Trinajstić information content (AvgIpc) is 3.42. The molecule has 3 N–H and O–H groups in total. The monoisotopic (exact) mass is 410 g/mol. The molecule has 3 unspecified atom stereocenters. The number of carbonyl (C=O) groups is 4. The molecule has 1 aliphatic carbocycles. The molecule has 158 valence electrons. The van der Waals surface area contributed by atoms with E-state index in [4.69, 9.17) is 0 Å². The van der Waals surface area contributed by atoms with Gasteiger partial charge in [0.05, 0.1) is 11.1 Å². The van der Waals surface area contributed by atoms with Crippen molar-refractivity contribution in [1.29, 1.82) is 0 Å². The van der Waals surface area contributed by atoms with Gasteiger partial charge in [-0.15, -0.1) is 0 Å². The SMILES string of the molecule is O=C1CCC(N2C(=O)c3ccc(CNC4CCC5(CCCN5)C4)cc3C2=O)C(=O)N1. The molecule has 0 radical (unpaired) electrons. The predicted octanol–water partition coefficient (Wildman–Crippen LogP) is 0.852. The number of nitrogens with zero attached hydrogens (tertiary/aromatic N) is 1. The van der Waals surface area contributed by atoms with E-state index in [1.54, 1.807) is 12.1 Å². The molecule has 0 aromatic heterocycles. The second-order valence-corrected chi connectivity index (χ2v) is 8.96. The van der Waals surface area contributed by atoms with Crippen molar-refractivity contribution in [3.63, 3.8) is 0 Å². The summed E-state index contributed by atoms with van der Waals surface area (Å²) in [5.41, 5.74) is 1.91. The second-order valence-electron chi connectivity index (χ2n) is 8.96. The fourth-order valence-electron chi connectivity index (χ4n) is 5.45. The van der Waals surface area contributed by atoms with Crippen LogP contribution >= 0.6 is 0 Å². The van der Waals surface area contributed by atoms with E-state index in [9.17, 15) is 19.2 Å². The van der Waals surface area contributed by atoms with Crippen molar-refractivity contribution in [1.82, 2.24) is 20.9 Å². The van der Waals surface area contributed by atoms with Gasteiger partial charge in [0.2, 0.25) is 11.8 Å². The van der Waals surface area contributed by atoms with Gasteiger partial charge in [0.25, 0.3) is 11.8 Å². The van der Waals surface area contributed by atoms with Crippen molar-refractivity contribution < 1.29 is 19.2 Å². The Balaban J connectivity index is 1.27. The summed E-state index contributed by atoms with van der Waals surface area (Å²) in [5, 5.41) is 9.49. The van der Waals surface area contributed by atoms with Gasteiger partial charge in [-0.25, -0.2) is 0 Å². The van der Waals surface area contributed by atoms with E-state index < -0.39 is 23.8 Å². The van der Waals surface area contributed by atoms with Gasteiger partial charge in [-0.1, -0.05) is 6.07 Å². The van der Waals surface area contributed by atoms with Gasteiger partial charge < -0.3 is 10.6 Å². The molecule has 4 aliphatic rings. The molecule has 3 aliphatic heterocycles. The molecule has 3 fully saturated rings. The van der Waals surface area contributed by atoms with Crippen LogP contribution in [0.4, 0.5) is 0 Å². The summed E-state index contributed by atoms with van der Waals surface area (Å²) in [5.74, 6) is -1.88. The second kappa shape index (κ2) is 7.28. The molecule has 3 atom stereocenters. The Bertz CT molecular complexity index is 937. The van der Waals surface area contributed by atoms with Crippen molar-refractivity contribution in [3.8, 4) is 0 Å². The first-order valence-corrected chi connectivity index (χ1v) is 10.8. The van der Waals surface area contributed by atoms with Crippen molar-refractivity contribution in [2.75, 3.05) is 6.54 Å². The van der Waals surface area contributed by atoms with E-state index in [0.29, 0.717) is 29.3 Å². The summed E-state index contributed by atoms with van der Waals surface area (Å²) < 4.78 is 0. The summed E-state index contributed by atoms with van der Waals surface area (Å²) in [6.07, 6.45) is 6.24. The Labute approximate surface area is 174 Å². The minimum absolute atomic E-state index is 0.122. The van der Waals surface area contributed by atoms with E-state index in [1.807, 2.05) is 6.07 Å². The number of amides is 4. The summed E-state index contributed by atoms with van der Waals surface area (Å²) >= 11 is 0. The molecule has 30 heavy (non-hydrogen) atoms. The van der Waals surface area contributed by atoms with Gasteiger partial charge in [-0.05, 0) is 62.8 Å². The van der Waals surface area contributed by atoms with E-state index in [0.717, 1.165) is 29.8 Å². The van der Waals surface area contributed by atoms with Gasteiger partial charge >= 0.3 is 0 Å². The molecule has 0 bridgehead atoms. The van der Waals surface area contributed by atoms with Gasteiger partial charge in [0, 0.05) is 24.5 Å². The maximum absolute atomic E-state index is 12.9. The van der Waals surface area contributed by atoms with E-state index >= 15 is 0 Å². The normalized spacial score (nSPS) is 31.0. The largest absolute Gasteiger partial charge is 0.311 e. The first-order valence-electron chi connectivity index (χ1n) is 10.8. The van der Waals surface area contributed by atoms with Crippen LogP contribution in [0.1, 0.15) is 71.2 Å². The average molecular weight is 410 g/mol. The van der Waals surface area contributed by atoms with Crippen molar-refractivity contribution in [3.05, 3.63) is 34.9 Å². The van der Waals surface area contributed by atoms with E-state index in [1.165, 1.54) is 19.3 Å². The third-order valence-corrected chi connectivity index (χ3v) is 7.04. The van der Waals surface area contributed by atoms with Gasteiger partial charge in [-0.3, -0.25) is 29.4 Å². The molecule has 8 heteroatoms. The lowest BCUT2D eigenvalue weighted by atomic mass is 9.95. The standard InChI is InChI=1S/C22H26N4O4/c27-18-5-4-17(19(28)25-18)26-20(29)15-3-2-13(10-16(15)21(26)30)12-23-14-6-8-22(11-14)7-1-9-24-22/h2-3,10,14,17,23-24H,1,4-9,11-12H2,(H,25,27,28). The quantitative estimate of drug-likeness (QED) is 0.636. The summed E-state index contributed by atoms with van der Waals surface area (Å²) in [7, 11) is 0. The third-order valence-electron chi connectivity index (χ3n) is 7.04. The first-order chi connectivity index (χ1) is 14.5. The molecule has 1 aromatic rings. The highest BCUT2D eigenvalue weighted by Crippen LogP contribution is 2.37. The molecule has 2 saturated heterocycles. The summed E-state index contributed by atoms with van der Waals surface area (Å²) in [4.78, 5) is 50.3. The molecule has 4 amide bonds. The highest BCUT2D eigenvalue weighted by atomic mass is 16.2. The van der Waals surface area contributed by atoms with E-state index in [2.05, 4.69) is 16.0 Å². The summed E-state index contributed by atoms with van der Waals surface area (Å²) in [6, 6.07) is 4.82. The van der Waals surface area contributed by atoms with Gasteiger partial charge in [0.15, 0.2) is 0 Å². The fourth-order valence-corrected chi connectivity index (χ4v) is 5.45. The van der Waals surface area contributed by atoms with Crippen LogP contribution in [0, 0.1) is 0 Å². The number of carbonyl (C=O) groups excluding carboxylic acids is 4. The zero-order chi connectivity index (χ0) is 20.9. The number of imide groups is 2. The van der Waals surface area contributed by atoms with Crippen molar-refractivity contribution in [2.45, 2.75) is 69.1 Å². The first kappa shape index (κ1) is 19.4. The molecule has 1 saturated carbocycles. The Morgan fingerprint density at radius 2 is 1.90 bits per heavy atom. The maximum atomic E-state index is 12.9. The van der Waals surface area contributed by atoms with Crippen molar-refractivity contribution in [2.24, 2.45) is 0 Å². The Morgan fingerprint density at radius 3 is 2.67 bits per heavy atom. The van der Waals surface area contributed by atoms with Crippen molar-refractivity contribution >= 4 is 23.6 Å². The zero-order valence-electron chi connectivity index (χ0n) is 16.8. The lowest BCUT2D eigenvalue weighted by molar-refractivity contribution is -0.136. The van der Waals surface area contributed by atoms with Crippen LogP contribution in [-0.2, 0) is 16.1 Å². The molecule has 1 spiro atoms. The topological polar surface area (TPSA) is 108 Å². The number of piperidine rings is 1. The van der Waals surface area contributed by atoms with Crippen LogP contribution < -0.4 is 16.0 Å². The molecule has 8 nitrogen and oxygen atoms in total. The Kier molecular flexibility index (Phi) is 4.71. The molecule has 1 aromatic carbocycles. The van der Waals surface area contributed by atoms with Crippen LogP contribution in [0.25, 0.3) is 0 Å². The number of nitrogens with one attached hydrogen (secondary N) is 3. The highest BCUT2D eigenvalue weighted by Gasteiger charge is 2.45. The minimum Gasteiger partial charge on any atom is -0.311 e. The highest BCUT2D eigenvalue weighted by molar-refractivity contribution is 6.23. The molecule has 3 heterocycles. The number of benzene rings is 1. The molecular weight excluding hydrogens is 384 g/mol. The maximum Gasteiger partial charge on any atom is 0.262 e.